The number of hydrogen-bond donors (Lipinski definition) is 1. The summed E-state index contributed by atoms with van der Waals surface area (Å²) in [4.78, 5) is 6.74. The first-order valence-electron chi connectivity index (χ1n) is 6.25. The SMILES string of the molecule is C[C@@H]1CCCN([C@H](CN)c2cncc(Br)c2)C1. The summed E-state index contributed by atoms with van der Waals surface area (Å²) in [6, 6.07) is 2.44. The normalized spacial score (nSPS) is 23.6. The minimum Gasteiger partial charge on any atom is -0.329 e. The average Bonchev–Trinajstić information content (AvgIpc) is 2.30. The predicted molar refractivity (Wildman–Crippen MR) is 73.7 cm³/mol. The smallest absolute Gasteiger partial charge is 0.0486 e. The number of likely N-dealkylation sites (tertiary alicyclic amines) is 1. The lowest BCUT2D eigenvalue weighted by Gasteiger charge is -2.36. The molecule has 2 heterocycles. The van der Waals surface area contributed by atoms with E-state index in [0.29, 0.717) is 12.6 Å². The van der Waals surface area contributed by atoms with Crippen molar-refractivity contribution < 1.29 is 0 Å². The van der Waals surface area contributed by atoms with Gasteiger partial charge in [0.05, 0.1) is 0 Å². The molecule has 1 aliphatic rings. The standard InChI is InChI=1S/C13H20BrN3/c1-10-3-2-4-17(9-10)13(6-15)11-5-12(14)8-16-7-11/h5,7-8,10,13H,2-4,6,9,15H2,1H3/t10-,13-/m1/s1. The first-order chi connectivity index (χ1) is 8.20. The summed E-state index contributed by atoms with van der Waals surface area (Å²) in [7, 11) is 0. The number of pyridine rings is 1. The van der Waals surface area contributed by atoms with Crippen molar-refractivity contribution >= 4 is 15.9 Å². The Balaban J connectivity index is 2.15. The van der Waals surface area contributed by atoms with Crippen LogP contribution in [0.4, 0.5) is 0 Å². The van der Waals surface area contributed by atoms with Gasteiger partial charge < -0.3 is 5.73 Å². The molecule has 0 spiro atoms. The molecule has 1 aliphatic heterocycles. The van der Waals surface area contributed by atoms with Gasteiger partial charge in [0, 0.05) is 36.0 Å². The molecule has 2 rings (SSSR count). The number of rotatable bonds is 3. The Morgan fingerprint density at radius 1 is 1.59 bits per heavy atom. The van der Waals surface area contributed by atoms with Gasteiger partial charge in [-0.3, -0.25) is 9.88 Å². The van der Waals surface area contributed by atoms with E-state index in [1.165, 1.54) is 18.4 Å². The molecule has 3 nitrogen and oxygen atoms in total. The molecule has 0 amide bonds. The van der Waals surface area contributed by atoms with Crippen molar-refractivity contribution in [1.82, 2.24) is 9.88 Å². The molecule has 1 saturated heterocycles. The van der Waals surface area contributed by atoms with Gasteiger partial charge in [0.1, 0.15) is 0 Å². The van der Waals surface area contributed by atoms with Crippen molar-refractivity contribution in [2.75, 3.05) is 19.6 Å². The highest BCUT2D eigenvalue weighted by Crippen LogP contribution is 2.26. The van der Waals surface area contributed by atoms with Crippen molar-refractivity contribution in [2.24, 2.45) is 11.7 Å². The van der Waals surface area contributed by atoms with E-state index in [2.05, 4.69) is 38.8 Å². The van der Waals surface area contributed by atoms with Crippen LogP contribution in [0.5, 0.6) is 0 Å². The van der Waals surface area contributed by atoms with Gasteiger partial charge >= 0.3 is 0 Å². The van der Waals surface area contributed by atoms with Gasteiger partial charge in [-0.2, -0.15) is 0 Å². The maximum absolute atomic E-state index is 5.95. The number of aromatic nitrogens is 1. The van der Waals surface area contributed by atoms with E-state index in [1.807, 2.05) is 12.4 Å². The number of hydrogen-bond acceptors (Lipinski definition) is 3. The second-order valence-electron chi connectivity index (χ2n) is 4.93. The van der Waals surface area contributed by atoms with Crippen LogP contribution in [-0.2, 0) is 0 Å². The van der Waals surface area contributed by atoms with Gasteiger partial charge in [0.25, 0.3) is 0 Å². The van der Waals surface area contributed by atoms with Crippen LogP contribution in [0.15, 0.2) is 22.9 Å². The Morgan fingerprint density at radius 2 is 2.41 bits per heavy atom. The fourth-order valence-electron chi connectivity index (χ4n) is 2.62. The topological polar surface area (TPSA) is 42.1 Å². The van der Waals surface area contributed by atoms with Gasteiger partial charge in [-0.15, -0.1) is 0 Å². The maximum atomic E-state index is 5.95. The lowest BCUT2D eigenvalue weighted by molar-refractivity contribution is 0.133. The Hall–Kier alpha value is -0.450. The zero-order chi connectivity index (χ0) is 12.3. The second kappa shape index (κ2) is 5.94. The van der Waals surface area contributed by atoms with Crippen molar-refractivity contribution in [3.8, 4) is 0 Å². The molecule has 0 radical (unpaired) electrons. The van der Waals surface area contributed by atoms with E-state index >= 15 is 0 Å². The summed E-state index contributed by atoms with van der Waals surface area (Å²) in [6.07, 6.45) is 6.36. The molecule has 4 heteroatoms. The molecule has 2 N–H and O–H groups in total. The molecule has 17 heavy (non-hydrogen) atoms. The molecule has 0 unspecified atom stereocenters. The van der Waals surface area contributed by atoms with Crippen molar-refractivity contribution in [2.45, 2.75) is 25.8 Å². The van der Waals surface area contributed by atoms with Crippen LogP contribution in [0.2, 0.25) is 0 Å². The summed E-state index contributed by atoms with van der Waals surface area (Å²) < 4.78 is 1.03. The summed E-state index contributed by atoms with van der Waals surface area (Å²) in [5.74, 6) is 0.776. The highest BCUT2D eigenvalue weighted by Gasteiger charge is 2.24. The molecule has 0 saturated carbocycles. The first-order valence-corrected chi connectivity index (χ1v) is 7.04. The predicted octanol–water partition coefficient (Wildman–Crippen LogP) is 2.58. The van der Waals surface area contributed by atoms with E-state index in [0.717, 1.165) is 23.5 Å². The summed E-state index contributed by atoms with van der Waals surface area (Å²) in [5.41, 5.74) is 7.16. The third kappa shape index (κ3) is 3.27. The lowest BCUT2D eigenvalue weighted by atomic mass is 9.97. The average molecular weight is 298 g/mol. The lowest BCUT2D eigenvalue weighted by Crippen LogP contribution is -2.40. The van der Waals surface area contributed by atoms with Crippen LogP contribution in [0.25, 0.3) is 0 Å². The van der Waals surface area contributed by atoms with E-state index < -0.39 is 0 Å². The number of piperidine rings is 1. The van der Waals surface area contributed by atoms with E-state index in [1.54, 1.807) is 0 Å². The van der Waals surface area contributed by atoms with Crippen LogP contribution in [-0.4, -0.2) is 29.5 Å². The zero-order valence-electron chi connectivity index (χ0n) is 10.3. The quantitative estimate of drug-likeness (QED) is 0.932. The molecule has 2 atom stereocenters. The summed E-state index contributed by atoms with van der Waals surface area (Å²) >= 11 is 3.47. The molecule has 94 valence electrons. The van der Waals surface area contributed by atoms with Crippen LogP contribution in [0.1, 0.15) is 31.4 Å². The van der Waals surface area contributed by atoms with Gasteiger partial charge in [-0.1, -0.05) is 6.92 Å². The largest absolute Gasteiger partial charge is 0.329 e. The van der Waals surface area contributed by atoms with Gasteiger partial charge in [-0.05, 0) is 52.9 Å². The van der Waals surface area contributed by atoms with Crippen molar-refractivity contribution in [3.63, 3.8) is 0 Å². The van der Waals surface area contributed by atoms with Crippen LogP contribution in [0, 0.1) is 5.92 Å². The van der Waals surface area contributed by atoms with Crippen molar-refractivity contribution in [1.29, 1.82) is 0 Å². The summed E-state index contributed by atoms with van der Waals surface area (Å²) in [6.45, 7) is 5.27. The fourth-order valence-corrected chi connectivity index (χ4v) is 3.00. The first kappa shape index (κ1) is 13.0. The molecule has 1 fully saturated rings. The molecular formula is C13H20BrN3. The highest BCUT2D eigenvalue weighted by molar-refractivity contribution is 9.10. The molecule has 0 aromatic carbocycles. The third-order valence-corrected chi connectivity index (χ3v) is 3.90. The molecule has 1 aromatic rings. The Kier molecular flexibility index (Phi) is 4.54. The monoisotopic (exact) mass is 297 g/mol. The number of nitrogens with two attached hydrogens (primary N) is 1. The minimum atomic E-state index is 0.308. The van der Waals surface area contributed by atoms with Crippen LogP contribution < -0.4 is 5.73 Å². The Labute approximate surface area is 112 Å². The fraction of sp³-hybridized carbons (Fsp3) is 0.615. The molecule has 0 aliphatic carbocycles. The Morgan fingerprint density at radius 3 is 3.06 bits per heavy atom. The highest BCUT2D eigenvalue weighted by atomic mass is 79.9. The zero-order valence-corrected chi connectivity index (χ0v) is 11.9. The number of nitrogens with zero attached hydrogens (tertiary/aromatic N) is 2. The van der Waals surface area contributed by atoms with Gasteiger partial charge in [-0.25, -0.2) is 0 Å². The molecular weight excluding hydrogens is 278 g/mol. The molecule has 0 bridgehead atoms. The molecule has 1 aromatic heterocycles. The minimum absolute atomic E-state index is 0.308. The van der Waals surface area contributed by atoms with E-state index in [4.69, 9.17) is 5.73 Å². The maximum Gasteiger partial charge on any atom is 0.0486 e. The Bertz CT molecular complexity index is 369. The van der Waals surface area contributed by atoms with E-state index in [9.17, 15) is 0 Å². The van der Waals surface area contributed by atoms with Crippen LogP contribution in [0.3, 0.4) is 0 Å². The summed E-state index contributed by atoms with van der Waals surface area (Å²) in [5, 5.41) is 0. The van der Waals surface area contributed by atoms with Crippen LogP contribution >= 0.6 is 15.9 Å². The van der Waals surface area contributed by atoms with Gasteiger partial charge in [0.15, 0.2) is 0 Å². The van der Waals surface area contributed by atoms with Crippen molar-refractivity contribution in [3.05, 3.63) is 28.5 Å². The van der Waals surface area contributed by atoms with Gasteiger partial charge in [0.2, 0.25) is 0 Å². The second-order valence-corrected chi connectivity index (χ2v) is 5.85. The number of halogens is 1. The van der Waals surface area contributed by atoms with E-state index in [-0.39, 0.29) is 0 Å². The third-order valence-electron chi connectivity index (χ3n) is 3.46.